The number of rotatable bonds is 0. The third-order valence-electron chi connectivity index (χ3n) is 1.97. The van der Waals surface area contributed by atoms with Gasteiger partial charge in [-0.05, 0) is 19.1 Å². The minimum Gasteiger partial charge on any atom is -0.488 e. The van der Waals surface area contributed by atoms with E-state index in [4.69, 9.17) is 16.3 Å². The van der Waals surface area contributed by atoms with Crippen LogP contribution in [-0.4, -0.2) is 6.10 Å². The molecule has 0 aliphatic carbocycles. The zero-order valence-corrected chi connectivity index (χ0v) is 8.95. The maximum Gasteiger partial charge on any atom is 0.142 e. The van der Waals surface area contributed by atoms with E-state index >= 15 is 0 Å². The molecule has 64 valence electrons. The highest BCUT2D eigenvalue weighted by Crippen LogP contribution is 2.39. The summed E-state index contributed by atoms with van der Waals surface area (Å²) in [7, 11) is 0. The van der Waals surface area contributed by atoms with Crippen LogP contribution in [0.3, 0.4) is 0 Å². The second-order valence-electron chi connectivity index (χ2n) is 2.97. The van der Waals surface area contributed by atoms with Gasteiger partial charge in [0, 0.05) is 16.5 Å². The zero-order chi connectivity index (χ0) is 8.72. The number of hydrogen-bond acceptors (Lipinski definition) is 1. The Morgan fingerprint density at radius 3 is 3.00 bits per heavy atom. The fraction of sp³-hybridized carbons (Fsp3) is 0.333. The van der Waals surface area contributed by atoms with Gasteiger partial charge in [-0.3, -0.25) is 0 Å². The predicted molar refractivity (Wildman–Crippen MR) is 52.9 cm³/mol. The van der Waals surface area contributed by atoms with E-state index in [1.54, 1.807) is 0 Å². The standard InChI is InChI=1S/C9H8BrClO/c1-5-4-6-7(10)2-3-8(11)9(6)12-5/h2-3,5H,4H2,1H3. The maximum atomic E-state index is 5.96. The molecule has 0 N–H and O–H groups in total. The van der Waals surface area contributed by atoms with Crippen LogP contribution in [0, 0.1) is 0 Å². The van der Waals surface area contributed by atoms with E-state index in [1.165, 1.54) is 5.56 Å². The molecule has 0 bridgehead atoms. The van der Waals surface area contributed by atoms with Crippen LogP contribution in [0.15, 0.2) is 16.6 Å². The molecule has 1 unspecified atom stereocenters. The lowest BCUT2D eigenvalue weighted by Gasteiger charge is -2.04. The van der Waals surface area contributed by atoms with Gasteiger partial charge in [-0.1, -0.05) is 27.5 Å². The van der Waals surface area contributed by atoms with Crippen molar-refractivity contribution in [2.75, 3.05) is 0 Å². The first kappa shape index (κ1) is 8.39. The summed E-state index contributed by atoms with van der Waals surface area (Å²) >= 11 is 9.43. The number of ether oxygens (including phenoxy) is 1. The Hall–Kier alpha value is -0.210. The second kappa shape index (κ2) is 2.93. The quantitative estimate of drug-likeness (QED) is 0.682. The smallest absolute Gasteiger partial charge is 0.142 e. The number of benzene rings is 1. The second-order valence-corrected chi connectivity index (χ2v) is 4.23. The average Bonchev–Trinajstić information content (AvgIpc) is 2.41. The van der Waals surface area contributed by atoms with Gasteiger partial charge in [0.15, 0.2) is 0 Å². The summed E-state index contributed by atoms with van der Waals surface area (Å²) in [6.45, 7) is 2.04. The molecule has 0 saturated carbocycles. The fourth-order valence-electron chi connectivity index (χ4n) is 1.42. The van der Waals surface area contributed by atoms with Crippen molar-refractivity contribution in [1.29, 1.82) is 0 Å². The number of fused-ring (bicyclic) bond motifs is 1. The van der Waals surface area contributed by atoms with Crippen molar-refractivity contribution in [2.24, 2.45) is 0 Å². The molecular weight excluding hydrogens is 239 g/mol. The maximum absolute atomic E-state index is 5.96. The third kappa shape index (κ3) is 1.23. The Balaban J connectivity index is 2.56. The Kier molecular flexibility index (Phi) is 2.05. The molecule has 3 heteroatoms. The summed E-state index contributed by atoms with van der Waals surface area (Å²) in [6.07, 6.45) is 1.19. The first-order chi connectivity index (χ1) is 5.68. The molecule has 2 rings (SSSR count). The molecule has 0 saturated heterocycles. The van der Waals surface area contributed by atoms with Crippen LogP contribution < -0.4 is 4.74 Å². The van der Waals surface area contributed by atoms with Crippen LogP contribution in [0.25, 0.3) is 0 Å². The lowest BCUT2D eigenvalue weighted by molar-refractivity contribution is 0.255. The molecule has 0 aromatic heterocycles. The molecule has 12 heavy (non-hydrogen) atoms. The SMILES string of the molecule is CC1Cc2c(Br)ccc(Cl)c2O1. The van der Waals surface area contributed by atoms with Crippen molar-refractivity contribution in [3.8, 4) is 5.75 Å². The van der Waals surface area contributed by atoms with Crippen molar-refractivity contribution >= 4 is 27.5 Å². The summed E-state index contributed by atoms with van der Waals surface area (Å²) in [6, 6.07) is 3.81. The molecule has 1 heterocycles. The zero-order valence-electron chi connectivity index (χ0n) is 6.60. The van der Waals surface area contributed by atoms with E-state index in [0.29, 0.717) is 5.02 Å². The summed E-state index contributed by atoms with van der Waals surface area (Å²) in [5.41, 5.74) is 1.19. The van der Waals surface area contributed by atoms with E-state index in [2.05, 4.69) is 15.9 Å². The van der Waals surface area contributed by atoms with Crippen LogP contribution >= 0.6 is 27.5 Å². The fourth-order valence-corrected chi connectivity index (χ4v) is 2.12. The van der Waals surface area contributed by atoms with Gasteiger partial charge in [0.1, 0.15) is 11.9 Å². The van der Waals surface area contributed by atoms with E-state index in [-0.39, 0.29) is 6.10 Å². The third-order valence-corrected chi connectivity index (χ3v) is 3.01. The summed E-state index contributed by atoms with van der Waals surface area (Å²) < 4.78 is 6.65. The van der Waals surface area contributed by atoms with Gasteiger partial charge in [0.2, 0.25) is 0 Å². The van der Waals surface area contributed by atoms with Crippen LogP contribution in [-0.2, 0) is 6.42 Å². The highest BCUT2D eigenvalue weighted by atomic mass is 79.9. The molecule has 1 nitrogen and oxygen atoms in total. The van der Waals surface area contributed by atoms with Gasteiger partial charge < -0.3 is 4.74 Å². The molecule has 0 fully saturated rings. The van der Waals surface area contributed by atoms with E-state index in [9.17, 15) is 0 Å². The summed E-state index contributed by atoms with van der Waals surface area (Å²) in [5.74, 6) is 0.846. The monoisotopic (exact) mass is 246 g/mol. The number of hydrogen-bond donors (Lipinski definition) is 0. The molecule has 1 atom stereocenters. The molecule has 0 spiro atoms. The lowest BCUT2D eigenvalue weighted by atomic mass is 10.1. The molecule has 0 radical (unpaired) electrons. The summed E-state index contributed by atoms with van der Waals surface area (Å²) in [4.78, 5) is 0. The molecule has 1 aliphatic heterocycles. The first-order valence-electron chi connectivity index (χ1n) is 3.82. The van der Waals surface area contributed by atoms with Gasteiger partial charge in [0.25, 0.3) is 0 Å². The highest BCUT2D eigenvalue weighted by molar-refractivity contribution is 9.10. The van der Waals surface area contributed by atoms with Crippen LogP contribution in [0.4, 0.5) is 0 Å². The predicted octanol–water partition coefficient (Wildman–Crippen LogP) is 3.43. The number of halogens is 2. The van der Waals surface area contributed by atoms with Gasteiger partial charge in [-0.2, -0.15) is 0 Å². The molecular formula is C9H8BrClO. The van der Waals surface area contributed by atoms with E-state index in [0.717, 1.165) is 16.6 Å². The minimum atomic E-state index is 0.246. The normalized spacial score (nSPS) is 20.4. The van der Waals surface area contributed by atoms with Crippen LogP contribution in [0.5, 0.6) is 5.75 Å². The molecule has 1 aromatic carbocycles. The van der Waals surface area contributed by atoms with Gasteiger partial charge in [0.05, 0.1) is 5.02 Å². The largest absolute Gasteiger partial charge is 0.488 e. The summed E-state index contributed by atoms with van der Waals surface area (Å²) in [5, 5.41) is 0.706. The van der Waals surface area contributed by atoms with Gasteiger partial charge >= 0.3 is 0 Å². The van der Waals surface area contributed by atoms with Crippen molar-refractivity contribution in [2.45, 2.75) is 19.4 Å². The van der Waals surface area contributed by atoms with Gasteiger partial charge in [-0.15, -0.1) is 0 Å². The average molecular weight is 248 g/mol. The first-order valence-corrected chi connectivity index (χ1v) is 4.99. The molecule has 1 aliphatic rings. The van der Waals surface area contributed by atoms with Crippen molar-refractivity contribution in [3.63, 3.8) is 0 Å². The van der Waals surface area contributed by atoms with Crippen molar-refractivity contribution in [3.05, 3.63) is 27.2 Å². The van der Waals surface area contributed by atoms with E-state index < -0.39 is 0 Å². The Morgan fingerprint density at radius 1 is 1.58 bits per heavy atom. The molecule has 0 amide bonds. The van der Waals surface area contributed by atoms with Crippen molar-refractivity contribution in [1.82, 2.24) is 0 Å². The highest BCUT2D eigenvalue weighted by Gasteiger charge is 2.23. The van der Waals surface area contributed by atoms with Crippen LogP contribution in [0.1, 0.15) is 12.5 Å². The van der Waals surface area contributed by atoms with Crippen LogP contribution in [0.2, 0.25) is 5.02 Å². The van der Waals surface area contributed by atoms with Gasteiger partial charge in [-0.25, -0.2) is 0 Å². The topological polar surface area (TPSA) is 9.23 Å². The minimum absolute atomic E-state index is 0.246. The Labute approximate surface area is 84.8 Å². The lowest BCUT2D eigenvalue weighted by Crippen LogP contribution is -2.05. The Bertz CT molecular complexity index is 294. The van der Waals surface area contributed by atoms with E-state index in [1.807, 2.05) is 19.1 Å². The Morgan fingerprint density at radius 2 is 2.33 bits per heavy atom. The molecule has 1 aromatic rings. The van der Waals surface area contributed by atoms with Crippen molar-refractivity contribution < 1.29 is 4.74 Å².